The number of pyridine rings is 2. The van der Waals surface area contributed by atoms with Crippen LogP contribution >= 0.6 is 0 Å². The van der Waals surface area contributed by atoms with Crippen LogP contribution < -0.4 is 5.73 Å². The summed E-state index contributed by atoms with van der Waals surface area (Å²) < 4.78 is 38.4. The van der Waals surface area contributed by atoms with Crippen molar-refractivity contribution in [3.8, 4) is 0 Å². The van der Waals surface area contributed by atoms with Crippen LogP contribution in [0.1, 0.15) is 47.4 Å². The Morgan fingerprint density at radius 2 is 1.90 bits per heavy atom. The molecule has 0 aliphatic heterocycles. The van der Waals surface area contributed by atoms with Crippen molar-refractivity contribution in [2.75, 3.05) is 12.3 Å². The van der Waals surface area contributed by atoms with Crippen LogP contribution in [0.5, 0.6) is 0 Å². The fourth-order valence-corrected chi connectivity index (χ4v) is 3.16. The van der Waals surface area contributed by atoms with Crippen LogP contribution in [0.2, 0.25) is 0 Å². The van der Waals surface area contributed by atoms with Gasteiger partial charge in [0.15, 0.2) is 0 Å². The molecule has 0 saturated carbocycles. The van der Waals surface area contributed by atoms with Crippen LogP contribution in [-0.4, -0.2) is 27.3 Å². The first-order valence-corrected chi connectivity index (χ1v) is 10.0. The van der Waals surface area contributed by atoms with Gasteiger partial charge < -0.3 is 10.6 Å². The Morgan fingerprint density at radius 1 is 1.16 bits per heavy atom. The molecule has 8 heteroatoms. The lowest BCUT2D eigenvalue weighted by Gasteiger charge is -2.24. The summed E-state index contributed by atoms with van der Waals surface area (Å²) in [7, 11) is 0. The average Bonchev–Trinajstić information content (AvgIpc) is 2.70. The molecule has 3 aromatic rings. The van der Waals surface area contributed by atoms with E-state index in [9.17, 15) is 18.0 Å². The number of aryl methyl sites for hydroxylation is 1. The number of rotatable bonds is 6. The second kappa shape index (κ2) is 8.91. The second-order valence-electron chi connectivity index (χ2n) is 8.04. The maximum absolute atomic E-state index is 13.3. The van der Waals surface area contributed by atoms with Crippen LogP contribution in [0, 0.1) is 12.8 Å². The van der Waals surface area contributed by atoms with E-state index in [1.54, 1.807) is 23.1 Å². The normalized spacial score (nSPS) is 11.8. The fraction of sp³-hybridized carbons (Fsp3) is 0.348. The van der Waals surface area contributed by atoms with Gasteiger partial charge in [-0.25, -0.2) is 4.98 Å². The number of nitrogens with two attached hydrogens (primary N) is 1. The summed E-state index contributed by atoms with van der Waals surface area (Å²) in [6.07, 6.45) is -2.88. The van der Waals surface area contributed by atoms with E-state index < -0.39 is 11.7 Å². The third kappa shape index (κ3) is 5.51. The van der Waals surface area contributed by atoms with Crippen LogP contribution in [0.3, 0.4) is 0 Å². The van der Waals surface area contributed by atoms with Gasteiger partial charge in [-0.2, -0.15) is 13.2 Å². The maximum Gasteiger partial charge on any atom is 0.417 e. The number of fused-ring (bicyclic) bond motifs is 1. The molecule has 31 heavy (non-hydrogen) atoms. The van der Waals surface area contributed by atoms with Gasteiger partial charge in [0.05, 0.1) is 23.3 Å². The molecule has 0 atom stereocenters. The first-order valence-electron chi connectivity index (χ1n) is 10.0. The van der Waals surface area contributed by atoms with Crippen molar-refractivity contribution in [2.24, 2.45) is 5.92 Å². The van der Waals surface area contributed by atoms with Crippen molar-refractivity contribution >= 4 is 22.6 Å². The van der Waals surface area contributed by atoms with Gasteiger partial charge in [0.2, 0.25) is 0 Å². The molecule has 0 aliphatic carbocycles. The van der Waals surface area contributed by atoms with Crippen LogP contribution in [-0.2, 0) is 12.7 Å². The Labute approximate surface area is 179 Å². The van der Waals surface area contributed by atoms with E-state index in [0.717, 1.165) is 29.6 Å². The van der Waals surface area contributed by atoms with E-state index in [4.69, 9.17) is 5.73 Å². The molecular formula is C23H25F3N4O. The SMILES string of the molecule is Cc1cc2cc(C(=O)N(CCC(C)C)Cc3ccc(C(F)(F)F)cn3)ccc2nc1N. The number of anilines is 1. The van der Waals surface area contributed by atoms with Crippen LogP contribution in [0.4, 0.5) is 19.0 Å². The Bertz CT molecular complexity index is 1080. The first-order chi connectivity index (χ1) is 14.5. The number of benzene rings is 1. The van der Waals surface area contributed by atoms with Crippen molar-refractivity contribution in [1.82, 2.24) is 14.9 Å². The number of nitrogens with zero attached hydrogens (tertiary/aromatic N) is 3. The smallest absolute Gasteiger partial charge is 0.383 e. The number of aromatic nitrogens is 2. The van der Waals surface area contributed by atoms with Crippen LogP contribution in [0.15, 0.2) is 42.6 Å². The number of halogens is 3. The van der Waals surface area contributed by atoms with Gasteiger partial charge in [-0.15, -0.1) is 0 Å². The van der Waals surface area contributed by atoms with Gasteiger partial charge in [-0.3, -0.25) is 9.78 Å². The average molecular weight is 430 g/mol. The summed E-state index contributed by atoms with van der Waals surface area (Å²) in [6.45, 7) is 6.54. The number of hydrogen-bond acceptors (Lipinski definition) is 4. The summed E-state index contributed by atoms with van der Waals surface area (Å²) in [5.74, 6) is 0.597. The predicted molar refractivity (Wildman–Crippen MR) is 114 cm³/mol. The summed E-state index contributed by atoms with van der Waals surface area (Å²) >= 11 is 0. The molecule has 0 fully saturated rings. The lowest BCUT2D eigenvalue weighted by molar-refractivity contribution is -0.137. The van der Waals surface area contributed by atoms with E-state index >= 15 is 0 Å². The number of alkyl halides is 3. The number of hydrogen-bond donors (Lipinski definition) is 1. The zero-order valence-corrected chi connectivity index (χ0v) is 17.7. The molecule has 3 rings (SSSR count). The number of carbonyl (C=O) groups is 1. The largest absolute Gasteiger partial charge is 0.417 e. The number of amides is 1. The highest BCUT2D eigenvalue weighted by Gasteiger charge is 2.30. The van der Waals surface area contributed by atoms with Gasteiger partial charge in [0.1, 0.15) is 5.82 Å². The molecule has 2 N–H and O–H groups in total. The Balaban J connectivity index is 1.88. The molecule has 2 heterocycles. The molecule has 0 saturated heterocycles. The number of carbonyl (C=O) groups excluding carboxylic acids is 1. The summed E-state index contributed by atoms with van der Waals surface area (Å²) in [5, 5.41) is 0.800. The van der Waals surface area contributed by atoms with Crippen molar-refractivity contribution < 1.29 is 18.0 Å². The minimum atomic E-state index is -4.45. The summed E-state index contributed by atoms with van der Waals surface area (Å²) in [6, 6.07) is 9.38. The molecule has 5 nitrogen and oxygen atoms in total. The molecule has 164 valence electrons. The van der Waals surface area contributed by atoms with Crippen molar-refractivity contribution in [3.63, 3.8) is 0 Å². The molecular weight excluding hydrogens is 405 g/mol. The monoisotopic (exact) mass is 430 g/mol. The van der Waals surface area contributed by atoms with Crippen molar-refractivity contribution in [3.05, 3.63) is 65.0 Å². The lowest BCUT2D eigenvalue weighted by Crippen LogP contribution is -2.32. The maximum atomic E-state index is 13.3. The van der Waals surface area contributed by atoms with Gasteiger partial charge in [0, 0.05) is 23.7 Å². The molecule has 2 aromatic heterocycles. The van der Waals surface area contributed by atoms with Gasteiger partial charge >= 0.3 is 6.18 Å². The Morgan fingerprint density at radius 3 is 2.52 bits per heavy atom. The van der Waals surface area contributed by atoms with Crippen LogP contribution in [0.25, 0.3) is 10.9 Å². The molecule has 0 unspecified atom stereocenters. The summed E-state index contributed by atoms with van der Waals surface area (Å²) in [5.41, 5.74) is 7.44. The molecule has 1 amide bonds. The highest BCUT2D eigenvalue weighted by molar-refractivity contribution is 5.98. The van der Waals surface area contributed by atoms with Crippen molar-refractivity contribution in [2.45, 2.75) is 39.9 Å². The second-order valence-corrected chi connectivity index (χ2v) is 8.04. The van der Waals surface area contributed by atoms with E-state index in [0.29, 0.717) is 35.1 Å². The van der Waals surface area contributed by atoms with Gasteiger partial charge in [0.25, 0.3) is 5.91 Å². The highest BCUT2D eigenvalue weighted by atomic mass is 19.4. The minimum Gasteiger partial charge on any atom is -0.383 e. The minimum absolute atomic E-state index is 0.126. The Kier molecular flexibility index (Phi) is 6.48. The molecule has 0 spiro atoms. The highest BCUT2D eigenvalue weighted by Crippen LogP contribution is 2.28. The summed E-state index contributed by atoms with van der Waals surface area (Å²) in [4.78, 5) is 23.1. The first kappa shape index (κ1) is 22.5. The fourth-order valence-electron chi connectivity index (χ4n) is 3.16. The van der Waals surface area contributed by atoms with Crippen molar-refractivity contribution in [1.29, 1.82) is 0 Å². The third-order valence-electron chi connectivity index (χ3n) is 5.06. The lowest BCUT2D eigenvalue weighted by atomic mass is 10.1. The van der Waals surface area contributed by atoms with Gasteiger partial charge in [-0.05, 0) is 61.2 Å². The Hall–Kier alpha value is -3.16. The van der Waals surface area contributed by atoms with E-state index in [1.807, 2.05) is 26.8 Å². The topological polar surface area (TPSA) is 72.1 Å². The quantitative estimate of drug-likeness (QED) is 0.581. The predicted octanol–water partition coefficient (Wildman–Crippen LogP) is 5.23. The third-order valence-corrected chi connectivity index (χ3v) is 5.06. The standard InChI is InChI=1S/C23H25F3N4O/c1-14(2)8-9-30(13-19-6-5-18(12-28-19)23(24,25)26)22(31)16-4-7-20-17(11-16)10-15(3)21(27)29-20/h4-7,10-12,14H,8-9,13H2,1-3H3,(H2,27,29). The molecule has 0 bridgehead atoms. The number of nitrogen functional groups attached to an aromatic ring is 1. The van der Waals surface area contributed by atoms with E-state index in [2.05, 4.69) is 9.97 Å². The molecule has 1 aromatic carbocycles. The zero-order chi connectivity index (χ0) is 22.8. The zero-order valence-electron chi connectivity index (χ0n) is 17.7. The van der Waals surface area contributed by atoms with E-state index in [1.165, 1.54) is 6.07 Å². The van der Waals surface area contributed by atoms with Gasteiger partial charge in [-0.1, -0.05) is 13.8 Å². The molecule has 0 aliphatic rings. The van der Waals surface area contributed by atoms with E-state index in [-0.39, 0.29) is 12.5 Å². The molecule has 0 radical (unpaired) electrons.